The number of hydrogen-bond acceptors (Lipinski definition) is 5. The molecule has 5 nitrogen and oxygen atoms in total. The molecule has 4 aromatic rings. The summed E-state index contributed by atoms with van der Waals surface area (Å²) in [5.74, 6) is 0. The topological polar surface area (TPSA) is 83.3 Å². The third-order valence-electron chi connectivity index (χ3n) is 3.70. The zero-order valence-electron chi connectivity index (χ0n) is 13.3. The maximum Gasteiger partial charge on any atom is 0.366 e. The molecule has 0 aromatic carbocycles. The van der Waals surface area contributed by atoms with Crippen molar-refractivity contribution in [1.29, 1.82) is 0 Å². The summed E-state index contributed by atoms with van der Waals surface area (Å²) in [5, 5.41) is 0. The zero-order chi connectivity index (χ0) is 18.1. The van der Waals surface area contributed by atoms with Gasteiger partial charge < -0.3 is 9.79 Å². The molecule has 0 saturated carbocycles. The summed E-state index contributed by atoms with van der Waals surface area (Å²) in [6.45, 7) is 0. The lowest BCUT2D eigenvalue weighted by molar-refractivity contribution is 0.388. The predicted octanol–water partition coefficient (Wildman–Crippen LogP) is 4.40. The number of thiophene rings is 2. The van der Waals surface area contributed by atoms with Crippen molar-refractivity contribution in [2.45, 2.75) is 0 Å². The van der Waals surface area contributed by atoms with Gasteiger partial charge in [-0.15, -0.1) is 22.7 Å². The molecule has 0 spiro atoms. The normalized spacial score (nSPS) is 11.6. The first-order chi connectivity index (χ1) is 12.5. The van der Waals surface area contributed by atoms with Crippen LogP contribution in [-0.4, -0.2) is 19.8 Å². The van der Waals surface area contributed by atoms with Gasteiger partial charge in [0.05, 0.1) is 11.4 Å². The predicted molar refractivity (Wildman–Crippen MR) is 106 cm³/mol. The summed E-state index contributed by atoms with van der Waals surface area (Å²) >= 11 is 2.69. The van der Waals surface area contributed by atoms with E-state index in [1.165, 1.54) is 6.07 Å². The molecule has 4 rings (SSSR count). The van der Waals surface area contributed by atoms with Gasteiger partial charge in [0.2, 0.25) is 0 Å². The van der Waals surface area contributed by atoms with E-state index in [0.29, 0.717) is 0 Å². The second-order valence-corrected chi connectivity index (χ2v) is 9.53. The highest BCUT2D eigenvalue weighted by Gasteiger charge is 2.20. The molecule has 0 bridgehead atoms. The van der Waals surface area contributed by atoms with Crippen LogP contribution in [0.3, 0.4) is 0 Å². The average Bonchev–Trinajstić information content (AvgIpc) is 3.32. The first-order valence-corrected chi connectivity index (χ1v) is 10.9. The fourth-order valence-electron chi connectivity index (χ4n) is 2.45. The smallest absolute Gasteiger partial charge is 0.320 e. The van der Waals surface area contributed by atoms with Crippen LogP contribution in [0.4, 0.5) is 0 Å². The van der Waals surface area contributed by atoms with E-state index in [2.05, 4.69) is 9.97 Å². The molecule has 26 heavy (non-hydrogen) atoms. The van der Waals surface area contributed by atoms with Crippen molar-refractivity contribution in [2.75, 3.05) is 0 Å². The quantitative estimate of drug-likeness (QED) is 0.496. The van der Waals surface area contributed by atoms with E-state index < -0.39 is 7.60 Å². The van der Waals surface area contributed by atoms with Crippen LogP contribution in [0.5, 0.6) is 0 Å². The van der Waals surface area contributed by atoms with E-state index in [1.54, 1.807) is 23.6 Å². The number of hydrogen-bond donors (Lipinski definition) is 2. The zero-order valence-corrected chi connectivity index (χ0v) is 15.8. The Morgan fingerprint density at radius 1 is 0.769 bits per heavy atom. The minimum Gasteiger partial charge on any atom is -0.320 e. The van der Waals surface area contributed by atoms with Crippen LogP contribution in [-0.2, 0) is 4.57 Å². The molecule has 0 amide bonds. The van der Waals surface area contributed by atoms with Crippen molar-refractivity contribution in [3.63, 3.8) is 0 Å². The molecule has 0 aliphatic rings. The summed E-state index contributed by atoms with van der Waals surface area (Å²) in [4.78, 5) is 30.2. The van der Waals surface area contributed by atoms with Gasteiger partial charge in [-0.3, -0.25) is 14.5 Å². The summed E-state index contributed by atoms with van der Waals surface area (Å²) in [6.07, 6.45) is 3.55. The van der Waals surface area contributed by atoms with Crippen molar-refractivity contribution in [2.24, 2.45) is 0 Å². The molecular formula is C18H13N2O3PS2. The van der Waals surface area contributed by atoms with Gasteiger partial charge in [-0.2, -0.15) is 0 Å². The first-order valence-electron chi connectivity index (χ1n) is 7.65. The van der Waals surface area contributed by atoms with Crippen LogP contribution in [0.2, 0.25) is 0 Å². The Morgan fingerprint density at radius 2 is 1.50 bits per heavy atom. The molecule has 4 heterocycles. The van der Waals surface area contributed by atoms with Crippen molar-refractivity contribution in [3.05, 3.63) is 67.0 Å². The SMILES string of the molecule is O=P(O)(O)c1ccc(-c2ccc(-c3ccc(-c4ccccn4)nc3)s2)s1. The van der Waals surface area contributed by atoms with Gasteiger partial charge in [0.15, 0.2) is 0 Å². The van der Waals surface area contributed by atoms with Crippen LogP contribution in [0.1, 0.15) is 0 Å². The molecule has 0 saturated heterocycles. The Labute approximate surface area is 157 Å². The average molecular weight is 400 g/mol. The first kappa shape index (κ1) is 17.3. The Balaban J connectivity index is 1.60. The fourth-order valence-corrected chi connectivity index (χ4v) is 5.32. The third-order valence-corrected chi connectivity index (χ3v) is 7.63. The van der Waals surface area contributed by atoms with Gasteiger partial charge in [0.1, 0.15) is 4.62 Å². The summed E-state index contributed by atoms with van der Waals surface area (Å²) in [7, 11) is -4.20. The lowest BCUT2D eigenvalue weighted by Crippen LogP contribution is -1.94. The largest absolute Gasteiger partial charge is 0.366 e. The minimum atomic E-state index is -4.20. The van der Waals surface area contributed by atoms with Crippen LogP contribution < -0.4 is 4.62 Å². The molecule has 0 aliphatic heterocycles. The molecule has 8 heteroatoms. The van der Waals surface area contributed by atoms with Gasteiger partial charge in [-0.25, -0.2) is 0 Å². The van der Waals surface area contributed by atoms with Crippen LogP contribution in [0, 0.1) is 0 Å². The molecule has 130 valence electrons. The summed E-state index contributed by atoms with van der Waals surface area (Å²) < 4.78 is 11.4. The van der Waals surface area contributed by atoms with Crippen molar-refractivity contribution >= 4 is 34.9 Å². The van der Waals surface area contributed by atoms with E-state index in [0.717, 1.165) is 42.9 Å². The molecule has 0 unspecified atom stereocenters. The van der Waals surface area contributed by atoms with Gasteiger partial charge >= 0.3 is 7.60 Å². The highest BCUT2D eigenvalue weighted by atomic mass is 32.1. The summed E-state index contributed by atoms with van der Waals surface area (Å²) in [5.41, 5.74) is 2.64. The summed E-state index contributed by atoms with van der Waals surface area (Å²) in [6, 6.07) is 16.8. The lowest BCUT2D eigenvalue weighted by Gasteiger charge is -2.01. The number of rotatable bonds is 4. The maximum atomic E-state index is 11.3. The molecule has 4 aromatic heterocycles. The monoisotopic (exact) mass is 400 g/mol. The highest BCUT2D eigenvalue weighted by molar-refractivity contribution is 7.67. The molecule has 0 atom stereocenters. The maximum absolute atomic E-state index is 11.3. The highest BCUT2D eigenvalue weighted by Crippen LogP contribution is 2.41. The van der Waals surface area contributed by atoms with E-state index >= 15 is 0 Å². The van der Waals surface area contributed by atoms with Gasteiger partial charge in [0, 0.05) is 32.6 Å². The van der Waals surface area contributed by atoms with Crippen LogP contribution in [0.15, 0.2) is 67.0 Å². The second-order valence-electron chi connectivity index (χ2n) is 5.49. The van der Waals surface area contributed by atoms with Gasteiger partial charge in [-0.1, -0.05) is 6.07 Å². The number of aromatic nitrogens is 2. The van der Waals surface area contributed by atoms with E-state index in [1.807, 2.05) is 48.7 Å². The van der Waals surface area contributed by atoms with Gasteiger partial charge in [0.25, 0.3) is 0 Å². The number of nitrogens with zero attached hydrogens (tertiary/aromatic N) is 2. The molecule has 0 radical (unpaired) electrons. The molecule has 0 fully saturated rings. The van der Waals surface area contributed by atoms with Crippen LogP contribution >= 0.6 is 30.3 Å². The van der Waals surface area contributed by atoms with E-state index in [4.69, 9.17) is 0 Å². The molecule has 2 N–H and O–H groups in total. The van der Waals surface area contributed by atoms with Gasteiger partial charge in [-0.05, 0) is 48.5 Å². The molecule has 0 aliphatic carbocycles. The Kier molecular flexibility index (Phi) is 4.56. The van der Waals surface area contributed by atoms with Crippen molar-refractivity contribution in [3.8, 4) is 31.6 Å². The fraction of sp³-hybridized carbons (Fsp3) is 0. The molecular weight excluding hydrogens is 387 g/mol. The Hall–Kier alpha value is -2.15. The standard InChI is InChI=1S/C18H13N2O3PS2/c21-24(22,23)18-9-8-17(26-18)16-7-6-15(25-16)12-4-5-14(20-11-12)13-3-1-2-10-19-13/h1-11H,(H2,21,22,23). The number of pyridine rings is 2. The Bertz CT molecular complexity index is 1090. The Morgan fingerprint density at radius 3 is 2.15 bits per heavy atom. The van der Waals surface area contributed by atoms with Crippen LogP contribution in [0.25, 0.3) is 31.6 Å². The van der Waals surface area contributed by atoms with E-state index in [9.17, 15) is 14.4 Å². The minimum absolute atomic E-state index is 0.0869. The lowest BCUT2D eigenvalue weighted by atomic mass is 10.2. The third kappa shape index (κ3) is 3.53. The second kappa shape index (κ2) is 6.87. The van der Waals surface area contributed by atoms with E-state index in [-0.39, 0.29) is 4.62 Å². The van der Waals surface area contributed by atoms with Crippen molar-refractivity contribution in [1.82, 2.24) is 9.97 Å². The van der Waals surface area contributed by atoms with Crippen molar-refractivity contribution < 1.29 is 14.4 Å².